The van der Waals surface area contributed by atoms with Crippen molar-refractivity contribution in [3.05, 3.63) is 0 Å². The maximum Gasteiger partial charge on any atom is 0.211 e. The summed E-state index contributed by atoms with van der Waals surface area (Å²) in [4.78, 5) is 0. The summed E-state index contributed by atoms with van der Waals surface area (Å²) in [6.07, 6.45) is 1.81. The van der Waals surface area contributed by atoms with Gasteiger partial charge in [0.15, 0.2) is 0 Å². The fraction of sp³-hybridized carbons (Fsp3) is 1.00. The second kappa shape index (κ2) is 6.68. The zero-order chi connectivity index (χ0) is 11.9. The first-order chi connectivity index (χ1) is 6.83. The fourth-order valence-corrected chi connectivity index (χ4v) is 2.70. The molecule has 2 N–H and O–H groups in total. The Morgan fingerprint density at radius 1 is 1.47 bits per heavy atom. The van der Waals surface area contributed by atoms with Gasteiger partial charge < -0.3 is 5.11 Å². The van der Waals surface area contributed by atoms with Gasteiger partial charge in [0, 0.05) is 12.4 Å². The van der Waals surface area contributed by atoms with Crippen LogP contribution in [-0.2, 0) is 10.0 Å². The van der Waals surface area contributed by atoms with Crippen LogP contribution in [-0.4, -0.2) is 37.3 Å². The van der Waals surface area contributed by atoms with E-state index in [0.717, 1.165) is 6.42 Å². The SMILES string of the molecule is CCCC(C)(O)CNS(=O)(=O)CCCCl. The van der Waals surface area contributed by atoms with Gasteiger partial charge in [0.2, 0.25) is 10.0 Å². The Bertz CT molecular complexity index is 265. The van der Waals surface area contributed by atoms with Crippen molar-refractivity contribution in [3.8, 4) is 0 Å². The zero-order valence-corrected chi connectivity index (χ0v) is 10.9. The smallest absolute Gasteiger partial charge is 0.211 e. The number of aliphatic hydroxyl groups is 1. The van der Waals surface area contributed by atoms with Crippen LogP contribution in [0.15, 0.2) is 0 Å². The molecule has 0 rings (SSSR count). The predicted molar refractivity (Wildman–Crippen MR) is 62.7 cm³/mol. The first-order valence-corrected chi connectivity index (χ1v) is 7.27. The standard InChI is InChI=1S/C9H20ClNO3S/c1-3-5-9(2,12)8-11-15(13,14)7-4-6-10/h11-12H,3-8H2,1-2H3. The van der Waals surface area contributed by atoms with Gasteiger partial charge in [-0.25, -0.2) is 13.1 Å². The summed E-state index contributed by atoms with van der Waals surface area (Å²) in [5.41, 5.74) is -0.969. The Balaban J connectivity index is 4.02. The highest BCUT2D eigenvalue weighted by molar-refractivity contribution is 7.89. The average Bonchev–Trinajstić information content (AvgIpc) is 2.12. The Hall–Kier alpha value is 0.160. The van der Waals surface area contributed by atoms with Gasteiger partial charge in [-0.15, -0.1) is 11.6 Å². The van der Waals surface area contributed by atoms with Crippen LogP contribution in [0, 0.1) is 0 Å². The maximum absolute atomic E-state index is 11.4. The van der Waals surface area contributed by atoms with Crippen molar-refractivity contribution < 1.29 is 13.5 Å². The zero-order valence-electron chi connectivity index (χ0n) is 9.29. The number of alkyl halides is 1. The summed E-state index contributed by atoms with van der Waals surface area (Å²) in [6.45, 7) is 3.63. The van der Waals surface area contributed by atoms with E-state index in [-0.39, 0.29) is 12.3 Å². The molecule has 6 heteroatoms. The molecule has 0 fully saturated rings. The molecule has 1 unspecified atom stereocenters. The topological polar surface area (TPSA) is 66.4 Å². The summed E-state index contributed by atoms with van der Waals surface area (Å²) >= 11 is 5.41. The van der Waals surface area contributed by atoms with E-state index in [1.54, 1.807) is 6.92 Å². The van der Waals surface area contributed by atoms with Gasteiger partial charge in [-0.05, 0) is 19.8 Å². The van der Waals surface area contributed by atoms with Crippen LogP contribution in [0.25, 0.3) is 0 Å². The molecule has 0 aromatic carbocycles. The summed E-state index contributed by atoms with van der Waals surface area (Å²) in [5, 5.41) is 9.75. The molecule has 1 atom stereocenters. The Morgan fingerprint density at radius 3 is 2.53 bits per heavy atom. The molecule has 0 aliphatic carbocycles. The first-order valence-electron chi connectivity index (χ1n) is 5.08. The van der Waals surface area contributed by atoms with Crippen LogP contribution in [0.5, 0.6) is 0 Å². The van der Waals surface area contributed by atoms with Crippen molar-refractivity contribution in [1.82, 2.24) is 4.72 Å². The van der Waals surface area contributed by atoms with Crippen LogP contribution in [0.3, 0.4) is 0 Å². The van der Waals surface area contributed by atoms with Gasteiger partial charge in [0.1, 0.15) is 0 Å². The lowest BCUT2D eigenvalue weighted by Crippen LogP contribution is -2.41. The molecule has 0 radical (unpaired) electrons. The molecule has 0 aromatic heterocycles. The second-order valence-electron chi connectivity index (χ2n) is 3.93. The van der Waals surface area contributed by atoms with Crippen molar-refractivity contribution in [2.45, 2.75) is 38.7 Å². The van der Waals surface area contributed by atoms with E-state index >= 15 is 0 Å². The number of rotatable bonds is 8. The van der Waals surface area contributed by atoms with Crippen LogP contribution >= 0.6 is 11.6 Å². The van der Waals surface area contributed by atoms with E-state index in [2.05, 4.69) is 4.72 Å². The molecule has 15 heavy (non-hydrogen) atoms. The third-order valence-electron chi connectivity index (χ3n) is 2.01. The number of sulfonamides is 1. The normalized spacial score (nSPS) is 16.3. The molecule has 0 spiro atoms. The summed E-state index contributed by atoms with van der Waals surface area (Å²) in [7, 11) is -3.29. The van der Waals surface area contributed by atoms with Gasteiger partial charge in [-0.1, -0.05) is 13.3 Å². The van der Waals surface area contributed by atoms with E-state index in [0.29, 0.717) is 18.7 Å². The monoisotopic (exact) mass is 257 g/mol. The highest BCUT2D eigenvalue weighted by Gasteiger charge is 2.21. The molecule has 92 valence electrons. The number of hydrogen-bond acceptors (Lipinski definition) is 3. The van der Waals surface area contributed by atoms with Gasteiger partial charge in [0.25, 0.3) is 0 Å². The second-order valence-corrected chi connectivity index (χ2v) is 6.23. The largest absolute Gasteiger partial charge is 0.389 e. The first kappa shape index (κ1) is 15.2. The van der Waals surface area contributed by atoms with Gasteiger partial charge >= 0.3 is 0 Å². The van der Waals surface area contributed by atoms with Gasteiger partial charge in [-0.2, -0.15) is 0 Å². The molecule has 0 aliphatic heterocycles. The minimum Gasteiger partial charge on any atom is -0.389 e. The summed E-state index contributed by atoms with van der Waals surface area (Å²) in [6, 6.07) is 0. The lowest BCUT2D eigenvalue weighted by Gasteiger charge is -2.22. The Kier molecular flexibility index (Phi) is 6.75. The summed E-state index contributed by atoms with van der Waals surface area (Å²) in [5.74, 6) is 0.338. The van der Waals surface area contributed by atoms with E-state index in [4.69, 9.17) is 11.6 Å². The quantitative estimate of drug-likeness (QED) is 0.640. The number of halogens is 1. The van der Waals surface area contributed by atoms with Crippen molar-refractivity contribution in [1.29, 1.82) is 0 Å². The maximum atomic E-state index is 11.4. The molecular formula is C9H20ClNO3S. The molecular weight excluding hydrogens is 238 g/mol. The molecule has 0 amide bonds. The highest BCUT2D eigenvalue weighted by atomic mass is 35.5. The van der Waals surface area contributed by atoms with Crippen LogP contribution in [0.1, 0.15) is 33.1 Å². The van der Waals surface area contributed by atoms with E-state index in [1.165, 1.54) is 0 Å². The highest BCUT2D eigenvalue weighted by Crippen LogP contribution is 2.10. The van der Waals surface area contributed by atoms with Crippen molar-refractivity contribution in [3.63, 3.8) is 0 Å². The minimum atomic E-state index is -3.29. The third-order valence-corrected chi connectivity index (χ3v) is 3.69. The van der Waals surface area contributed by atoms with Crippen LogP contribution < -0.4 is 4.72 Å². The van der Waals surface area contributed by atoms with Crippen molar-refractivity contribution in [2.24, 2.45) is 0 Å². The molecule has 0 bridgehead atoms. The Labute approximate surface area is 97.1 Å². The van der Waals surface area contributed by atoms with Gasteiger partial charge in [-0.3, -0.25) is 0 Å². The lowest BCUT2D eigenvalue weighted by molar-refractivity contribution is 0.0554. The molecule has 0 aromatic rings. The lowest BCUT2D eigenvalue weighted by atomic mass is 10.0. The predicted octanol–water partition coefficient (Wildman–Crippen LogP) is 1.09. The fourth-order valence-electron chi connectivity index (χ4n) is 1.21. The number of nitrogens with one attached hydrogen (secondary N) is 1. The Morgan fingerprint density at radius 2 is 2.07 bits per heavy atom. The van der Waals surface area contributed by atoms with Gasteiger partial charge in [0.05, 0.1) is 11.4 Å². The molecule has 0 aliphatic rings. The van der Waals surface area contributed by atoms with E-state index in [9.17, 15) is 13.5 Å². The minimum absolute atomic E-state index is 0.0126. The third kappa shape index (κ3) is 8.02. The molecule has 0 saturated heterocycles. The van der Waals surface area contributed by atoms with Crippen LogP contribution in [0.4, 0.5) is 0 Å². The summed E-state index contributed by atoms with van der Waals surface area (Å²) < 4.78 is 25.1. The molecule has 4 nitrogen and oxygen atoms in total. The number of hydrogen-bond donors (Lipinski definition) is 2. The molecule has 0 heterocycles. The van der Waals surface area contributed by atoms with Crippen molar-refractivity contribution >= 4 is 21.6 Å². The van der Waals surface area contributed by atoms with Crippen molar-refractivity contribution in [2.75, 3.05) is 18.2 Å². The average molecular weight is 258 g/mol. The van der Waals surface area contributed by atoms with Crippen LogP contribution in [0.2, 0.25) is 0 Å². The molecule has 0 saturated carbocycles. The van der Waals surface area contributed by atoms with E-state index < -0.39 is 15.6 Å². The van der Waals surface area contributed by atoms with E-state index in [1.807, 2.05) is 6.92 Å².